The number of nitrogens with one attached hydrogen (secondary N) is 1. The average Bonchev–Trinajstić information content (AvgIpc) is 3.37. The minimum Gasteiger partial charge on any atom is -0.493 e. The van der Waals surface area contributed by atoms with Gasteiger partial charge in [-0.25, -0.2) is 4.98 Å². The van der Waals surface area contributed by atoms with Crippen LogP contribution in [0.15, 0.2) is 17.5 Å². The van der Waals surface area contributed by atoms with Crippen LogP contribution in [-0.2, 0) is 33.6 Å². The number of hydrogen-bond donors (Lipinski definition) is 1. The van der Waals surface area contributed by atoms with E-state index in [-0.39, 0.29) is 35.6 Å². The Morgan fingerprint density at radius 3 is 2.68 bits per heavy atom. The fourth-order valence-electron chi connectivity index (χ4n) is 6.86. The summed E-state index contributed by atoms with van der Waals surface area (Å²) in [5.41, 5.74) is 2.91. The predicted octanol–water partition coefficient (Wildman–Crippen LogP) is 3.55. The summed E-state index contributed by atoms with van der Waals surface area (Å²) in [5, 5.41) is 5.99. The SMILES string of the molecule is COc1cc2cc(c1OC)CCCNC(=O)CCC[C@H]1[C@@H]3C[C@@H](CN(C(=O)Cc4csc(C)n4)C3)CN1C(=O)CC2. The Hall–Kier alpha value is -3.14. The van der Waals surface area contributed by atoms with Gasteiger partial charge in [0.15, 0.2) is 11.5 Å². The smallest absolute Gasteiger partial charge is 0.228 e. The third kappa shape index (κ3) is 7.02. The van der Waals surface area contributed by atoms with Gasteiger partial charge < -0.3 is 24.6 Å². The van der Waals surface area contributed by atoms with Crippen molar-refractivity contribution in [1.82, 2.24) is 20.1 Å². The lowest BCUT2D eigenvalue weighted by Crippen LogP contribution is -2.60. The monoisotopic (exact) mass is 582 g/mol. The second-order valence-electron chi connectivity index (χ2n) is 11.6. The van der Waals surface area contributed by atoms with Crippen LogP contribution in [0.25, 0.3) is 0 Å². The molecule has 41 heavy (non-hydrogen) atoms. The van der Waals surface area contributed by atoms with Gasteiger partial charge in [0.2, 0.25) is 17.7 Å². The third-order valence-electron chi connectivity index (χ3n) is 8.73. The van der Waals surface area contributed by atoms with E-state index >= 15 is 0 Å². The zero-order valence-corrected chi connectivity index (χ0v) is 25.3. The number of thiazole rings is 1. The van der Waals surface area contributed by atoms with Gasteiger partial charge in [0.25, 0.3) is 0 Å². The number of hydrogen-bond acceptors (Lipinski definition) is 7. The fourth-order valence-corrected chi connectivity index (χ4v) is 7.47. The number of aromatic nitrogens is 1. The Bertz CT molecular complexity index is 1260. The highest BCUT2D eigenvalue weighted by Gasteiger charge is 2.43. The lowest BCUT2D eigenvalue weighted by molar-refractivity contribution is -0.145. The van der Waals surface area contributed by atoms with Gasteiger partial charge in [-0.2, -0.15) is 0 Å². The van der Waals surface area contributed by atoms with Crippen molar-refractivity contribution in [3.63, 3.8) is 0 Å². The fraction of sp³-hybridized carbons (Fsp3) is 0.613. The van der Waals surface area contributed by atoms with Crippen LogP contribution >= 0.6 is 11.3 Å². The van der Waals surface area contributed by atoms with E-state index in [1.165, 1.54) is 0 Å². The first kappa shape index (κ1) is 29.4. The van der Waals surface area contributed by atoms with Gasteiger partial charge in [-0.3, -0.25) is 14.4 Å². The quantitative estimate of drug-likeness (QED) is 0.592. The zero-order chi connectivity index (χ0) is 28.9. The normalized spacial score (nSPS) is 23.9. The molecule has 3 aliphatic rings. The van der Waals surface area contributed by atoms with Crippen molar-refractivity contribution in [2.75, 3.05) is 40.4 Å². The van der Waals surface area contributed by atoms with Crippen LogP contribution in [0, 0.1) is 18.8 Å². The van der Waals surface area contributed by atoms with Crippen LogP contribution in [0.1, 0.15) is 60.4 Å². The van der Waals surface area contributed by atoms with E-state index in [9.17, 15) is 14.4 Å². The number of benzene rings is 1. The molecule has 0 unspecified atom stereocenters. The molecule has 3 amide bonds. The number of likely N-dealkylation sites (tertiary alicyclic amines) is 1. The van der Waals surface area contributed by atoms with Crippen LogP contribution in [0.4, 0.5) is 0 Å². The maximum absolute atomic E-state index is 13.8. The first-order valence-electron chi connectivity index (χ1n) is 14.8. The molecule has 2 saturated heterocycles. The molecule has 0 spiro atoms. The minimum absolute atomic E-state index is 0.0255. The summed E-state index contributed by atoms with van der Waals surface area (Å²) >= 11 is 1.57. The van der Waals surface area contributed by atoms with Crippen LogP contribution in [0.5, 0.6) is 11.5 Å². The Balaban J connectivity index is 1.34. The van der Waals surface area contributed by atoms with Crippen molar-refractivity contribution in [3.8, 4) is 11.5 Å². The topological polar surface area (TPSA) is 101 Å². The summed E-state index contributed by atoms with van der Waals surface area (Å²) in [6.07, 6.45) is 5.84. The van der Waals surface area contributed by atoms with Crippen LogP contribution in [-0.4, -0.2) is 78.9 Å². The number of methoxy groups -OCH3 is 2. The van der Waals surface area contributed by atoms with Crippen molar-refractivity contribution in [3.05, 3.63) is 39.3 Å². The van der Waals surface area contributed by atoms with E-state index in [1.807, 2.05) is 23.3 Å². The molecule has 0 saturated carbocycles. The number of carbonyl (C=O) groups is 3. The van der Waals surface area contributed by atoms with Gasteiger partial charge in [-0.05, 0) is 74.5 Å². The Labute approximate surface area is 246 Å². The number of amides is 3. The summed E-state index contributed by atoms with van der Waals surface area (Å²) in [6.45, 7) is 4.54. The molecule has 0 aliphatic carbocycles. The molecule has 1 aromatic heterocycles. The van der Waals surface area contributed by atoms with Crippen molar-refractivity contribution < 1.29 is 23.9 Å². The highest BCUT2D eigenvalue weighted by atomic mass is 32.1. The van der Waals surface area contributed by atoms with Crippen LogP contribution < -0.4 is 14.8 Å². The molecule has 3 aliphatic heterocycles. The van der Waals surface area contributed by atoms with Gasteiger partial charge in [0.05, 0.1) is 31.3 Å². The second-order valence-corrected chi connectivity index (χ2v) is 12.7. The van der Waals surface area contributed by atoms with E-state index in [0.29, 0.717) is 63.4 Å². The summed E-state index contributed by atoms with van der Waals surface area (Å²) in [7, 11) is 3.27. The molecule has 0 radical (unpaired) electrons. The summed E-state index contributed by atoms with van der Waals surface area (Å²) in [4.78, 5) is 48.2. The Morgan fingerprint density at radius 2 is 1.93 bits per heavy atom. The number of piperidine rings is 2. The molecule has 10 heteroatoms. The lowest BCUT2D eigenvalue weighted by Gasteiger charge is -2.51. The first-order chi connectivity index (χ1) is 19.8. The number of ether oxygens (including phenoxy) is 2. The number of aryl methyl sites for hydroxylation is 3. The van der Waals surface area contributed by atoms with Gasteiger partial charge in [0.1, 0.15) is 0 Å². The molecule has 5 rings (SSSR count). The highest BCUT2D eigenvalue weighted by Crippen LogP contribution is 2.37. The first-order valence-corrected chi connectivity index (χ1v) is 15.7. The van der Waals surface area contributed by atoms with E-state index in [1.54, 1.807) is 25.6 Å². The maximum atomic E-state index is 13.8. The van der Waals surface area contributed by atoms with E-state index in [0.717, 1.165) is 53.9 Å². The molecule has 4 bridgehead atoms. The summed E-state index contributed by atoms with van der Waals surface area (Å²) < 4.78 is 11.3. The summed E-state index contributed by atoms with van der Waals surface area (Å²) in [6, 6.07) is 4.10. The average molecular weight is 583 g/mol. The molecular weight excluding hydrogens is 540 g/mol. The van der Waals surface area contributed by atoms with Crippen molar-refractivity contribution in [2.45, 2.75) is 70.8 Å². The molecule has 2 aromatic rings. The van der Waals surface area contributed by atoms with Gasteiger partial charge >= 0.3 is 0 Å². The maximum Gasteiger partial charge on any atom is 0.228 e. The van der Waals surface area contributed by atoms with Crippen LogP contribution in [0.2, 0.25) is 0 Å². The largest absolute Gasteiger partial charge is 0.493 e. The van der Waals surface area contributed by atoms with Crippen molar-refractivity contribution in [2.24, 2.45) is 11.8 Å². The number of carbonyl (C=O) groups excluding carboxylic acids is 3. The molecule has 1 N–H and O–H groups in total. The molecule has 1 aromatic carbocycles. The number of rotatable bonds is 4. The molecule has 222 valence electrons. The predicted molar refractivity (Wildman–Crippen MR) is 157 cm³/mol. The number of fused-ring (bicyclic) bond motifs is 6. The molecule has 4 heterocycles. The van der Waals surface area contributed by atoms with Crippen molar-refractivity contribution in [1.29, 1.82) is 0 Å². The lowest BCUT2D eigenvalue weighted by atomic mass is 9.77. The highest BCUT2D eigenvalue weighted by molar-refractivity contribution is 7.09. The minimum atomic E-state index is 0.0255. The number of nitrogens with zero attached hydrogens (tertiary/aromatic N) is 3. The van der Waals surface area contributed by atoms with E-state index in [4.69, 9.17) is 9.47 Å². The Kier molecular flexibility index (Phi) is 9.47. The molecular formula is C31H42N4O5S. The van der Waals surface area contributed by atoms with Crippen LogP contribution in [0.3, 0.4) is 0 Å². The van der Waals surface area contributed by atoms with E-state index in [2.05, 4.69) is 21.3 Å². The standard InChI is InChI=1S/C31H42N4O5S/c1-20-33-25(19-41-20)15-30(38)34-16-22-13-24(18-34)26-7-4-8-28(36)32-11-5-6-23-12-21(9-10-29(37)35(26)17-22)14-27(39-2)31(23)40-3/h12,14,19,22,24,26H,4-11,13,15-18H2,1-3H3,(H,32,36)/t22-,24+,26-/m0/s1. The Morgan fingerprint density at radius 1 is 1.07 bits per heavy atom. The van der Waals surface area contributed by atoms with E-state index < -0.39 is 0 Å². The summed E-state index contributed by atoms with van der Waals surface area (Å²) in [5.74, 6) is 2.15. The molecule has 3 atom stereocenters. The van der Waals surface area contributed by atoms with Gasteiger partial charge in [0, 0.05) is 50.4 Å². The van der Waals surface area contributed by atoms with Gasteiger partial charge in [-0.15, -0.1) is 11.3 Å². The second kappa shape index (κ2) is 13.2. The molecule has 9 nitrogen and oxygen atoms in total. The van der Waals surface area contributed by atoms with Crippen molar-refractivity contribution >= 4 is 29.1 Å². The molecule has 2 fully saturated rings. The van der Waals surface area contributed by atoms with Gasteiger partial charge in [-0.1, -0.05) is 6.07 Å². The zero-order valence-electron chi connectivity index (χ0n) is 24.4. The third-order valence-corrected chi connectivity index (χ3v) is 9.56.